The van der Waals surface area contributed by atoms with Crippen LogP contribution in [0, 0.1) is 5.82 Å². The van der Waals surface area contributed by atoms with Crippen molar-refractivity contribution in [3.8, 4) is 5.75 Å². The molecule has 1 N–H and O–H groups in total. The molecule has 0 amide bonds. The number of hydrogen-bond acceptors (Lipinski definition) is 3. The van der Waals surface area contributed by atoms with Crippen molar-refractivity contribution in [3.05, 3.63) is 29.1 Å². The van der Waals surface area contributed by atoms with Crippen molar-refractivity contribution in [3.63, 3.8) is 0 Å². The van der Waals surface area contributed by atoms with Crippen molar-refractivity contribution in [2.45, 2.75) is 36.8 Å². The Morgan fingerprint density at radius 1 is 1.35 bits per heavy atom. The van der Waals surface area contributed by atoms with Gasteiger partial charge in [0.05, 0.1) is 5.56 Å². The molecular formula is C13H12BrF3O3. The molecule has 0 aromatic heterocycles. The molecule has 20 heavy (non-hydrogen) atoms. The fourth-order valence-electron chi connectivity index (χ4n) is 2.09. The smallest absolute Gasteiger partial charge is 0.321 e. The fraction of sp³-hybridized carbons (Fsp3) is 0.462. The van der Waals surface area contributed by atoms with E-state index >= 15 is 0 Å². The first-order chi connectivity index (χ1) is 8.93. The second-order valence-electron chi connectivity index (χ2n) is 5.17. The standard InChI is InChI=1S/C13H12BrF3O3/c1-6(18)7-4-5-8-9(10(7)15)12(16,17)13(14,19)11(2,3)20-8/h4-5,19H,1-3H3. The van der Waals surface area contributed by atoms with Gasteiger partial charge in [-0.15, -0.1) is 0 Å². The topological polar surface area (TPSA) is 46.5 Å². The van der Waals surface area contributed by atoms with E-state index in [9.17, 15) is 23.1 Å². The van der Waals surface area contributed by atoms with Crippen LogP contribution in [0.1, 0.15) is 36.7 Å². The molecule has 0 bridgehead atoms. The van der Waals surface area contributed by atoms with Crippen molar-refractivity contribution in [2.75, 3.05) is 0 Å². The number of carbonyl (C=O) groups excluding carboxylic acids is 1. The molecular weight excluding hydrogens is 341 g/mol. The van der Waals surface area contributed by atoms with Crippen LogP contribution in [-0.2, 0) is 5.92 Å². The molecule has 110 valence electrons. The van der Waals surface area contributed by atoms with Crippen LogP contribution in [0.4, 0.5) is 13.2 Å². The zero-order valence-electron chi connectivity index (χ0n) is 10.9. The quantitative estimate of drug-likeness (QED) is 0.622. The van der Waals surface area contributed by atoms with Crippen LogP contribution >= 0.6 is 15.9 Å². The highest BCUT2D eigenvalue weighted by atomic mass is 79.9. The summed E-state index contributed by atoms with van der Waals surface area (Å²) in [7, 11) is 0. The van der Waals surface area contributed by atoms with Gasteiger partial charge in [0, 0.05) is 0 Å². The van der Waals surface area contributed by atoms with Gasteiger partial charge in [-0.3, -0.25) is 4.79 Å². The molecule has 1 atom stereocenters. The first-order valence-electron chi connectivity index (χ1n) is 5.75. The monoisotopic (exact) mass is 352 g/mol. The van der Waals surface area contributed by atoms with E-state index in [1.54, 1.807) is 0 Å². The zero-order valence-corrected chi connectivity index (χ0v) is 12.5. The van der Waals surface area contributed by atoms with E-state index in [-0.39, 0.29) is 0 Å². The van der Waals surface area contributed by atoms with Crippen LogP contribution in [0.15, 0.2) is 12.1 Å². The van der Waals surface area contributed by atoms with Gasteiger partial charge in [0.1, 0.15) is 22.7 Å². The Labute approximate surface area is 121 Å². The molecule has 1 unspecified atom stereocenters. The molecule has 0 spiro atoms. The maximum absolute atomic E-state index is 14.4. The molecule has 0 aliphatic carbocycles. The Bertz CT molecular complexity index is 597. The number of ether oxygens (including phenoxy) is 1. The van der Waals surface area contributed by atoms with E-state index in [4.69, 9.17) is 4.74 Å². The van der Waals surface area contributed by atoms with Gasteiger partial charge in [0.25, 0.3) is 0 Å². The van der Waals surface area contributed by atoms with Gasteiger partial charge < -0.3 is 9.84 Å². The molecule has 1 aromatic carbocycles. The average molecular weight is 353 g/mol. The molecule has 2 rings (SSSR count). The number of benzene rings is 1. The summed E-state index contributed by atoms with van der Waals surface area (Å²) in [5.41, 5.74) is -3.30. The lowest BCUT2D eigenvalue weighted by molar-refractivity contribution is -0.215. The van der Waals surface area contributed by atoms with Gasteiger partial charge in [0.15, 0.2) is 5.78 Å². The van der Waals surface area contributed by atoms with Gasteiger partial charge in [-0.1, -0.05) is 0 Å². The van der Waals surface area contributed by atoms with Crippen LogP contribution in [0.5, 0.6) is 5.75 Å². The summed E-state index contributed by atoms with van der Waals surface area (Å²) >= 11 is 2.53. The predicted octanol–water partition coefficient (Wildman–Crippen LogP) is 3.37. The zero-order chi connectivity index (χ0) is 15.5. The van der Waals surface area contributed by atoms with Crippen molar-refractivity contribution < 1.29 is 27.8 Å². The molecule has 3 nitrogen and oxygen atoms in total. The third-order valence-electron chi connectivity index (χ3n) is 3.38. The highest BCUT2D eigenvalue weighted by Gasteiger charge is 2.67. The van der Waals surface area contributed by atoms with E-state index in [1.807, 2.05) is 0 Å². The van der Waals surface area contributed by atoms with Gasteiger partial charge in [-0.2, -0.15) is 8.78 Å². The fourth-order valence-corrected chi connectivity index (χ4v) is 2.37. The Balaban J connectivity index is 2.80. The van der Waals surface area contributed by atoms with Crippen LogP contribution in [-0.4, -0.2) is 21.0 Å². The Kier molecular flexibility index (Phi) is 3.22. The number of ketones is 1. The summed E-state index contributed by atoms with van der Waals surface area (Å²) in [6, 6.07) is 2.19. The maximum atomic E-state index is 14.4. The molecule has 1 aromatic rings. The molecule has 0 saturated heterocycles. The van der Waals surface area contributed by atoms with E-state index < -0.39 is 44.5 Å². The number of alkyl halides is 3. The van der Waals surface area contributed by atoms with Crippen LogP contribution in [0.2, 0.25) is 0 Å². The first kappa shape index (κ1) is 15.3. The normalized spacial score (nSPS) is 26.6. The molecule has 0 fully saturated rings. The first-order valence-corrected chi connectivity index (χ1v) is 6.55. The van der Waals surface area contributed by atoms with Gasteiger partial charge >= 0.3 is 5.92 Å². The molecule has 1 aliphatic heterocycles. The summed E-state index contributed by atoms with van der Waals surface area (Å²) in [5, 5.41) is 10.0. The van der Waals surface area contributed by atoms with Crippen LogP contribution < -0.4 is 4.74 Å². The Morgan fingerprint density at radius 2 is 1.90 bits per heavy atom. The van der Waals surface area contributed by atoms with Gasteiger partial charge in [-0.25, -0.2) is 4.39 Å². The number of rotatable bonds is 1. The molecule has 1 aliphatic rings. The minimum absolute atomic E-state index is 0.397. The lowest BCUT2D eigenvalue weighted by Gasteiger charge is -2.47. The van der Waals surface area contributed by atoms with Crippen molar-refractivity contribution in [1.82, 2.24) is 0 Å². The summed E-state index contributed by atoms with van der Waals surface area (Å²) in [6.45, 7) is 3.56. The second kappa shape index (κ2) is 4.21. The lowest BCUT2D eigenvalue weighted by Crippen LogP contribution is -2.62. The molecule has 1 heterocycles. The number of aliphatic hydroxyl groups is 1. The molecule has 0 radical (unpaired) electrons. The Hall–Kier alpha value is -1.08. The molecule has 0 saturated carbocycles. The average Bonchev–Trinajstić information content (AvgIpc) is 2.25. The number of Topliss-reactive ketones (excluding diaryl/α,β-unsaturated/α-hetero) is 1. The highest BCUT2D eigenvalue weighted by Crippen LogP contribution is 2.57. The number of halogens is 4. The van der Waals surface area contributed by atoms with E-state index in [0.717, 1.165) is 19.1 Å². The van der Waals surface area contributed by atoms with E-state index in [1.165, 1.54) is 13.8 Å². The van der Waals surface area contributed by atoms with E-state index in [2.05, 4.69) is 15.9 Å². The summed E-state index contributed by atoms with van der Waals surface area (Å²) < 4.78 is 45.5. The third-order valence-corrected chi connectivity index (χ3v) is 4.83. The minimum Gasteiger partial charge on any atom is -0.483 e. The van der Waals surface area contributed by atoms with Crippen molar-refractivity contribution >= 4 is 21.7 Å². The Morgan fingerprint density at radius 3 is 2.40 bits per heavy atom. The van der Waals surface area contributed by atoms with Crippen LogP contribution in [0.25, 0.3) is 0 Å². The highest BCUT2D eigenvalue weighted by molar-refractivity contribution is 9.10. The van der Waals surface area contributed by atoms with Gasteiger partial charge in [0.2, 0.25) is 4.51 Å². The summed E-state index contributed by atoms with van der Waals surface area (Å²) in [6.07, 6.45) is 0. The predicted molar refractivity (Wildman–Crippen MR) is 68.9 cm³/mol. The van der Waals surface area contributed by atoms with Crippen molar-refractivity contribution in [2.24, 2.45) is 0 Å². The van der Waals surface area contributed by atoms with Gasteiger partial charge in [-0.05, 0) is 48.8 Å². The number of fused-ring (bicyclic) bond motifs is 1. The number of hydrogen-bond donors (Lipinski definition) is 1. The SMILES string of the molecule is CC(=O)c1ccc2c(c1F)C(F)(F)C(O)(Br)C(C)(C)O2. The van der Waals surface area contributed by atoms with E-state index in [0.29, 0.717) is 0 Å². The largest absolute Gasteiger partial charge is 0.483 e. The number of carbonyl (C=O) groups is 1. The maximum Gasteiger partial charge on any atom is 0.321 e. The summed E-state index contributed by atoms with van der Waals surface area (Å²) in [5.74, 6) is -6.44. The lowest BCUT2D eigenvalue weighted by atomic mass is 9.86. The molecule has 7 heteroatoms. The minimum atomic E-state index is -3.97. The summed E-state index contributed by atoms with van der Waals surface area (Å²) in [4.78, 5) is 11.3. The second-order valence-corrected chi connectivity index (χ2v) is 6.31. The van der Waals surface area contributed by atoms with Crippen LogP contribution in [0.3, 0.4) is 0 Å². The van der Waals surface area contributed by atoms with Crippen molar-refractivity contribution in [1.29, 1.82) is 0 Å². The third kappa shape index (κ3) is 1.79.